The Morgan fingerprint density at radius 1 is 1.12 bits per heavy atom. The van der Waals surface area contributed by atoms with Gasteiger partial charge in [-0.2, -0.15) is 0 Å². The van der Waals surface area contributed by atoms with Crippen molar-refractivity contribution in [3.63, 3.8) is 0 Å². The fourth-order valence-electron chi connectivity index (χ4n) is 3.06. The first-order valence-electron chi connectivity index (χ1n) is 8.31. The molecule has 1 fully saturated rings. The first kappa shape index (κ1) is 17.9. The van der Waals surface area contributed by atoms with E-state index < -0.39 is 10.0 Å². The smallest absolute Gasteiger partial charge is 0.271 e. The SMILES string of the molecule is Cc1cc(C)cc(NS(=O)(=O)c2ccc(CC(=O)N3CCCC3)s2)c1. The molecular formula is C18H22N2O3S2. The van der Waals surface area contributed by atoms with Crippen LogP contribution < -0.4 is 4.72 Å². The lowest BCUT2D eigenvalue weighted by Crippen LogP contribution is -2.28. The standard InChI is InChI=1S/C18H22N2O3S2/c1-13-9-14(2)11-15(10-13)19-25(22,23)18-6-5-16(24-18)12-17(21)20-7-3-4-8-20/h5-6,9-11,19H,3-4,7-8,12H2,1-2H3. The molecule has 1 aliphatic rings. The Hall–Kier alpha value is -1.86. The third-order valence-corrected chi connectivity index (χ3v) is 7.12. The number of nitrogens with one attached hydrogen (secondary N) is 1. The van der Waals surface area contributed by atoms with E-state index in [1.54, 1.807) is 24.3 Å². The minimum Gasteiger partial charge on any atom is -0.342 e. The van der Waals surface area contributed by atoms with Crippen molar-refractivity contribution in [1.82, 2.24) is 4.90 Å². The van der Waals surface area contributed by atoms with Crippen molar-refractivity contribution in [3.05, 3.63) is 46.3 Å². The Morgan fingerprint density at radius 3 is 2.40 bits per heavy atom. The van der Waals surface area contributed by atoms with E-state index >= 15 is 0 Å². The molecule has 25 heavy (non-hydrogen) atoms. The van der Waals surface area contributed by atoms with Gasteiger partial charge in [-0.3, -0.25) is 9.52 Å². The number of thiophene rings is 1. The highest BCUT2D eigenvalue weighted by Gasteiger charge is 2.21. The van der Waals surface area contributed by atoms with Crippen molar-refractivity contribution in [3.8, 4) is 0 Å². The van der Waals surface area contributed by atoms with E-state index in [0.29, 0.717) is 5.69 Å². The van der Waals surface area contributed by atoms with Gasteiger partial charge < -0.3 is 4.90 Å². The van der Waals surface area contributed by atoms with Crippen LogP contribution in [0.3, 0.4) is 0 Å². The van der Waals surface area contributed by atoms with Crippen LogP contribution in [-0.2, 0) is 21.2 Å². The Balaban J connectivity index is 1.72. The summed E-state index contributed by atoms with van der Waals surface area (Å²) in [6, 6.07) is 8.90. The van der Waals surface area contributed by atoms with Gasteiger partial charge in [0.25, 0.3) is 10.0 Å². The molecule has 0 aliphatic carbocycles. The molecule has 0 radical (unpaired) electrons. The Kier molecular flexibility index (Phi) is 5.15. The number of aryl methyl sites for hydroxylation is 2. The van der Waals surface area contributed by atoms with Gasteiger partial charge in [-0.1, -0.05) is 6.07 Å². The summed E-state index contributed by atoms with van der Waals surface area (Å²) < 4.78 is 28.0. The normalized spacial score (nSPS) is 14.7. The number of nitrogens with zero attached hydrogens (tertiary/aromatic N) is 1. The van der Waals surface area contributed by atoms with Gasteiger partial charge in [-0.05, 0) is 62.1 Å². The van der Waals surface area contributed by atoms with Gasteiger partial charge >= 0.3 is 0 Å². The van der Waals surface area contributed by atoms with Gasteiger partial charge in [0.15, 0.2) is 0 Å². The van der Waals surface area contributed by atoms with Crippen LogP contribution in [0.2, 0.25) is 0 Å². The minimum absolute atomic E-state index is 0.0746. The summed E-state index contributed by atoms with van der Waals surface area (Å²) in [6.07, 6.45) is 2.37. The lowest BCUT2D eigenvalue weighted by atomic mass is 10.1. The van der Waals surface area contributed by atoms with E-state index in [2.05, 4.69) is 4.72 Å². The summed E-state index contributed by atoms with van der Waals surface area (Å²) >= 11 is 1.16. The first-order chi connectivity index (χ1) is 11.8. The van der Waals surface area contributed by atoms with Gasteiger partial charge in [0.1, 0.15) is 4.21 Å². The molecule has 1 aromatic heterocycles. The monoisotopic (exact) mass is 378 g/mol. The maximum absolute atomic E-state index is 12.6. The number of hydrogen-bond donors (Lipinski definition) is 1. The van der Waals surface area contributed by atoms with E-state index in [0.717, 1.165) is 53.3 Å². The van der Waals surface area contributed by atoms with Crippen LogP contribution in [0, 0.1) is 13.8 Å². The van der Waals surface area contributed by atoms with E-state index in [1.807, 2.05) is 24.8 Å². The van der Waals surface area contributed by atoms with Crippen molar-refractivity contribution < 1.29 is 13.2 Å². The quantitative estimate of drug-likeness (QED) is 0.868. The number of hydrogen-bond acceptors (Lipinski definition) is 4. The number of carbonyl (C=O) groups excluding carboxylic acids is 1. The van der Waals surface area contributed by atoms with Crippen molar-refractivity contribution in [2.24, 2.45) is 0 Å². The molecule has 0 bridgehead atoms. The molecule has 1 amide bonds. The van der Waals surface area contributed by atoms with E-state index in [-0.39, 0.29) is 16.5 Å². The molecule has 2 aromatic rings. The Labute approximate surface area is 152 Å². The molecule has 1 aliphatic heterocycles. The second-order valence-corrected chi connectivity index (χ2v) is 9.54. The van der Waals surface area contributed by atoms with Crippen LogP contribution in [-0.4, -0.2) is 32.3 Å². The summed E-state index contributed by atoms with van der Waals surface area (Å²) in [6.45, 7) is 5.48. The highest BCUT2D eigenvalue weighted by Crippen LogP contribution is 2.26. The molecule has 0 atom stereocenters. The molecule has 1 saturated heterocycles. The molecule has 0 spiro atoms. The molecule has 2 heterocycles. The number of benzene rings is 1. The molecule has 0 saturated carbocycles. The molecule has 1 aromatic carbocycles. The molecule has 3 rings (SSSR count). The highest BCUT2D eigenvalue weighted by molar-refractivity contribution is 7.94. The lowest BCUT2D eigenvalue weighted by molar-refractivity contribution is -0.129. The number of likely N-dealkylation sites (tertiary alicyclic amines) is 1. The topological polar surface area (TPSA) is 66.5 Å². The molecule has 0 unspecified atom stereocenters. The summed E-state index contributed by atoms with van der Waals surface area (Å²) in [5.41, 5.74) is 2.56. The summed E-state index contributed by atoms with van der Waals surface area (Å²) in [5.74, 6) is 0.0746. The largest absolute Gasteiger partial charge is 0.342 e. The van der Waals surface area contributed by atoms with Crippen LogP contribution in [0.1, 0.15) is 28.8 Å². The first-order valence-corrected chi connectivity index (χ1v) is 10.6. The lowest BCUT2D eigenvalue weighted by Gasteiger charge is -2.14. The van der Waals surface area contributed by atoms with Gasteiger partial charge in [-0.15, -0.1) is 11.3 Å². The minimum atomic E-state index is -3.64. The maximum atomic E-state index is 12.6. The zero-order valence-electron chi connectivity index (χ0n) is 14.4. The van der Waals surface area contributed by atoms with Gasteiger partial charge in [0.2, 0.25) is 5.91 Å². The van der Waals surface area contributed by atoms with Crippen LogP contribution in [0.15, 0.2) is 34.5 Å². The Bertz CT molecular complexity index is 861. The van der Waals surface area contributed by atoms with Gasteiger partial charge in [0, 0.05) is 23.7 Å². The van der Waals surface area contributed by atoms with Crippen molar-refractivity contribution in [2.45, 2.75) is 37.3 Å². The van der Waals surface area contributed by atoms with Crippen LogP contribution in [0.25, 0.3) is 0 Å². The third-order valence-electron chi connectivity index (χ3n) is 4.16. The van der Waals surface area contributed by atoms with Gasteiger partial charge in [-0.25, -0.2) is 8.42 Å². The van der Waals surface area contributed by atoms with Crippen molar-refractivity contribution >= 4 is 33.0 Å². The second-order valence-electron chi connectivity index (χ2n) is 6.47. The molecule has 134 valence electrons. The van der Waals surface area contributed by atoms with Crippen molar-refractivity contribution in [2.75, 3.05) is 17.8 Å². The number of rotatable bonds is 5. The zero-order chi connectivity index (χ0) is 18.0. The third kappa shape index (κ3) is 4.41. The van der Waals surface area contributed by atoms with Gasteiger partial charge in [0.05, 0.1) is 6.42 Å². The number of amides is 1. The fourth-order valence-corrected chi connectivity index (χ4v) is 5.45. The second kappa shape index (κ2) is 7.17. The summed E-state index contributed by atoms with van der Waals surface area (Å²) in [7, 11) is -3.64. The number of carbonyl (C=O) groups is 1. The average molecular weight is 379 g/mol. The predicted octanol–water partition coefficient (Wildman–Crippen LogP) is 3.33. The van der Waals surface area contributed by atoms with Crippen molar-refractivity contribution in [1.29, 1.82) is 0 Å². The molecule has 1 N–H and O–H groups in total. The van der Waals surface area contributed by atoms with Crippen LogP contribution >= 0.6 is 11.3 Å². The zero-order valence-corrected chi connectivity index (χ0v) is 16.0. The highest BCUT2D eigenvalue weighted by atomic mass is 32.2. The molecular weight excluding hydrogens is 356 g/mol. The van der Waals surface area contributed by atoms with E-state index in [9.17, 15) is 13.2 Å². The summed E-state index contributed by atoms with van der Waals surface area (Å²) in [4.78, 5) is 14.8. The Morgan fingerprint density at radius 2 is 1.76 bits per heavy atom. The van der Waals surface area contributed by atoms with Crippen LogP contribution in [0.4, 0.5) is 5.69 Å². The molecule has 5 nitrogen and oxygen atoms in total. The number of anilines is 1. The number of sulfonamides is 1. The molecule has 7 heteroatoms. The fraction of sp³-hybridized carbons (Fsp3) is 0.389. The van der Waals surface area contributed by atoms with Crippen LogP contribution in [0.5, 0.6) is 0 Å². The van der Waals surface area contributed by atoms with E-state index in [4.69, 9.17) is 0 Å². The van der Waals surface area contributed by atoms with E-state index in [1.165, 1.54) is 0 Å². The predicted molar refractivity (Wildman–Crippen MR) is 101 cm³/mol. The average Bonchev–Trinajstić information content (AvgIpc) is 3.17. The summed E-state index contributed by atoms with van der Waals surface area (Å²) in [5, 5.41) is 0. The maximum Gasteiger partial charge on any atom is 0.271 e.